The summed E-state index contributed by atoms with van der Waals surface area (Å²) in [6, 6.07) is 30.1. The number of methoxy groups -OCH3 is 1. The number of carbonyl (C=O) groups is 2. The smallest absolute Gasteiger partial charge is 0.249 e. The number of rotatable bonds is 12. The number of hydrogen-bond donors (Lipinski definition) is 0. The third-order valence-corrected chi connectivity index (χ3v) is 7.42. The Morgan fingerprint density at radius 1 is 0.778 bits per heavy atom. The highest BCUT2D eigenvalue weighted by molar-refractivity contribution is 6.32. The Labute approximate surface area is 267 Å². The number of anilines is 1. The summed E-state index contributed by atoms with van der Waals surface area (Å²) in [7, 11) is 1.58. The van der Waals surface area contributed by atoms with Gasteiger partial charge in [0.1, 0.15) is 36.2 Å². The number of imide groups is 1. The molecule has 2 amide bonds. The van der Waals surface area contributed by atoms with Crippen LogP contribution in [0.5, 0.6) is 17.2 Å². The lowest BCUT2D eigenvalue weighted by Crippen LogP contribution is -2.36. The van der Waals surface area contributed by atoms with E-state index in [1.807, 2.05) is 72.8 Å². The van der Waals surface area contributed by atoms with E-state index in [0.717, 1.165) is 16.0 Å². The topological polar surface area (TPSA) is 91.1 Å². The van der Waals surface area contributed by atoms with Gasteiger partial charge in [-0.05, 0) is 34.9 Å². The highest BCUT2D eigenvalue weighted by Crippen LogP contribution is 2.46. The molecule has 9 heteroatoms. The maximum atomic E-state index is 13.1. The number of ether oxygens (including phenoxy) is 3. The van der Waals surface area contributed by atoms with Crippen LogP contribution in [0.2, 0.25) is 5.02 Å². The number of nitrogens with zero attached hydrogens (tertiary/aromatic N) is 2. The molecule has 0 N–H and O–H groups in total. The summed E-state index contributed by atoms with van der Waals surface area (Å²) >= 11 is 6.81. The molecule has 0 aliphatic heterocycles. The van der Waals surface area contributed by atoms with Crippen molar-refractivity contribution in [2.45, 2.75) is 39.9 Å². The largest absolute Gasteiger partial charge is 0.497 e. The molecule has 230 valence electrons. The number of carbonyl (C=O) groups excluding carboxylic acids is 2. The molecule has 1 heterocycles. The van der Waals surface area contributed by atoms with Crippen LogP contribution >= 0.6 is 11.6 Å². The Morgan fingerprint density at radius 3 is 1.87 bits per heavy atom. The van der Waals surface area contributed by atoms with E-state index in [1.54, 1.807) is 45.2 Å². The maximum absolute atomic E-state index is 13.1. The monoisotopic (exact) mass is 624 g/mol. The zero-order chi connectivity index (χ0) is 31.8. The summed E-state index contributed by atoms with van der Waals surface area (Å²) in [4.78, 5) is 27.2. The van der Waals surface area contributed by atoms with E-state index in [0.29, 0.717) is 51.3 Å². The van der Waals surface area contributed by atoms with Gasteiger partial charge < -0.3 is 18.7 Å². The molecule has 5 rings (SSSR count). The van der Waals surface area contributed by atoms with Gasteiger partial charge in [-0.2, -0.15) is 0 Å². The van der Waals surface area contributed by atoms with Crippen LogP contribution in [-0.2, 0) is 22.8 Å². The summed E-state index contributed by atoms with van der Waals surface area (Å²) in [5.74, 6) is 0.676. The molecule has 0 aliphatic rings. The average Bonchev–Trinajstić information content (AvgIpc) is 3.52. The van der Waals surface area contributed by atoms with Crippen molar-refractivity contribution >= 4 is 29.3 Å². The molecule has 0 unspecified atom stereocenters. The normalized spacial score (nSPS) is 10.8. The Kier molecular flexibility index (Phi) is 10.2. The van der Waals surface area contributed by atoms with Crippen LogP contribution in [0.4, 0.5) is 5.88 Å². The summed E-state index contributed by atoms with van der Waals surface area (Å²) < 4.78 is 23.7. The van der Waals surface area contributed by atoms with Crippen molar-refractivity contribution in [3.8, 4) is 39.6 Å². The molecular formula is C36H33ClN2O6. The fourth-order valence-corrected chi connectivity index (χ4v) is 4.96. The van der Waals surface area contributed by atoms with Crippen LogP contribution < -0.4 is 19.1 Å². The molecule has 0 spiro atoms. The summed E-state index contributed by atoms with van der Waals surface area (Å²) in [5.41, 5.74) is 3.85. The summed E-state index contributed by atoms with van der Waals surface area (Å²) in [5, 5.41) is 4.73. The molecule has 0 aliphatic carbocycles. The van der Waals surface area contributed by atoms with Crippen molar-refractivity contribution in [3.05, 3.63) is 113 Å². The maximum Gasteiger partial charge on any atom is 0.249 e. The predicted octanol–water partition coefficient (Wildman–Crippen LogP) is 8.51. The highest BCUT2D eigenvalue weighted by Gasteiger charge is 2.32. The van der Waals surface area contributed by atoms with Gasteiger partial charge in [-0.15, -0.1) is 0 Å². The second kappa shape index (κ2) is 14.6. The quantitative estimate of drug-likeness (QED) is 0.137. The van der Waals surface area contributed by atoms with Crippen molar-refractivity contribution in [1.82, 2.24) is 5.16 Å². The molecule has 0 saturated heterocycles. The van der Waals surface area contributed by atoms with Crippen molar-refractivity contribution in [2.24, 2.45) is 0 Å². The third kappa shape index (κ3) is 7.19. The number of benzene rings is 4. The molecule has 5 aromatic rings. The minimum Gasteiger partial charge on any atom is -0.497 e. The number of aromatic nitrogens is 1. The van der Waals surface area contributed by atoms with E-state index in [1.165, 1.54) is 0 Å². The Morgan fingerprint density at radius 2 is 1.33 bits per heavy atom. The Hall–Kier alpha value is -5.08. The van der Waals surface area contributed by atoms with Crippen LogP contribution in [0.1, 0.15) is 37.8 Å². The number of amides is 2. The number of halogens is 1. The molecule has 0 fully saturated rings. The van der Waals surface area contributed by atoms with Gasteiger partial charge in [0.15, 0.2) is 0 Å². The second-order valence-corrected chi connectivity index (χ2v) is 10.5. The van der Waals surface area contributed by atoms with Gasteiger partial charge in [0.2, 0.25) is 17.7 Å². The zero-order valence-corrected chi connectivity index (χ0v) is 26.0. The molecule has 45 heavy (non-hydrogen) atoms. The van der Waals surface area contributed by atoms with E-state index in [-0.39, 0.29) is 25.3 Å². The minimum atomic E-state index is -0.414. The van der Waals surface area contributed by atoms with Gasteiger partial charge in [-0.1, -0.05) is 103 Å². The molecule has 8 nitrogen and oxygen atoms in total. The fourth-order valence-electron chi connectivity index (χ4n) is 4.74. The lowest BCUT2D eigenvalue weighted by atomic mass is 9.99. The Balaban J connectivity index is 1.66. The average molecular weight is 625 g/mol. The van der Waals surface area contributed by atoms with Crippen LogP contribution in [0.15, 0.2) is 102 Å². The van der Waals surface area contributed by atoms with Gasteiger partial charge in [-0.25, -0.2) is 4.90 Å². The molecular weight excluding hydrogens is 592 g/mol. The minimum absolute atomic E-state index is 0.0170. The number of hydrogen-bond acceptors (Lipinski definition) is 7. The molecule has 0 saturated carbocycles. The van der Waals surface area contributed by atoms with E-state index >= 15 is 0 Å². The van der Waals surface area contributed by atoms with Gasteiger partial charge >= 0.3 is 0 Å². The van der Waals surface area contributed by atoms with Gasteiger partial charge in [-0.3, -0.25) is 9.59 Å². The highest BCUT2D eigenvalue weighted by atomic mass is 35.5. The van der Waals surface area contributed by atoms with Crippen molar-refractivity contribution < 1.29 is 28.3 Å². The van der Waals surface area contributed by atoms with Crippen molar-refractivity contribution in [2.75, 3.05) is 12.0 Å². The standard InChI is InChI=1S/C36H33ClN2O6/c1-4-32(40)39(33(41)5-2)36-34(26-16-18-27(42-3)19-17-26)35(38-45-36)28-20-29(37)31(44-23-25-14-10-7-11-15-25)21-30(28)43-22-24-12-8-6-9-13-24/h6-21H,4-5,22-23H2,1-3H3. The molecule has 4 aromatic carbocycles. The molecule has 0 radical (unpaired) electrons. The first kappa shape index (κ1) is 31.3. The van der Waals surface area contributed by atoms with Crippen molar-refractivity contribution in [1.29, 1.82) is 0 Å². The first-order valence-corrected chi connectivity index (χ1v) is 15.0. The van der Waals surface area contributed by atoms with Gasteiger partial charge in [0.25, 0.3) is 0 Å². The molecule has 0 atom stereocenters. The van der Waals surface area contributed by atoms with Crippen molar-refractivity contribution in [3.63, 3.8) is 0 Å². The first-order valence-electron chi connectivity index (χ1n) is 14.6. The van der Waals surface area contributed by atoms with Crippen LogP contribution in [-0.4, -0.2) is 24.1 Å². The summed E-state index contributed by atoms with van der Waals surface area (Å²) in [6.07, 6.45) is 0.184. The predicted molar refractivity (Wildman–Crippen MR) is 174 cm³/mol. The van der Waals surface area contributed by atoms with Gasteiger partial charge in [0.05, 0.1) is 17.7 Å². The Bertz CT molecular complexity index is 1740. The second-order valence-electron chi connectivity index (χ2n) is 10.1. The van der Waals surface area contributed by atoms with Crippen LogP contribution in [0.25, 0.3) is 22.4 Å². The van der Waals surface area contributed by atoms with E-state index < -0.39 is 11.8 Å². The summed E-state index contributed by atoms with van der Waals surface area (Å²) in [6.45, 7) is 3.93. The van der Waals surface area contributed by atoms with E-state index in [2.05, 4.69) is 5.16 Å². The van der Waals surface area contributed by atoms with E-state index in [4.69, 9.17) is 30.3 Å². The van der Waals surface area contributed by atoms with Crippen LogP contribution in [0, 0.1) is 0 Å². The SMILES string of the molecule is CCC(=O)N(C(=O)CC)c1onc(-c2cc(Cl)c(OCc3ccccc3)cc2OCc2ccccc2)c1-c1ccc(OC)cc1. The molecule has 1 aromatic heterocycles. The first-order chi connectivity index (χ1) is 21.9. The zero-order valence-electron chi connectivity index (χ0n) is 25.3. The van der Waals surface area contributed by atoms with E-state index in [9.17, 15) is 9.59 Å². The molecule has 0 bridgehead atoms. The fraction of sp³-hybridized carbons (Fsp3) is 0.194. The lowest BCUT2D eigenvalue weighted by molar-refractivity contribution is -0.126. The third-order valence-electron chi connectivity index (χ3n) is 7.12. The lowest BCUT2D eigenvalue weighted by Gasteiger charge is -2.19. The van der Waals surface area contributed by atoms with Gasteiger partial charge in [0, 0.05) is 24.5 Å². The van der Waals surface area contributed by atoms with Crippen LogP contribution in [0.3, 0.4) is 0 Å².